The van der Waals surface area contributed by atoms with Gasteiger partial charge in [-0.15, -0.1) is 0 Å². The first kappa shape index (κ1) is 19.9. The van der Waals surface area contributed by atoms with E-state index in [9.17, 15) is 17.6 Å². The van der Waals surface area contributed by atoms with Gasteiger partial charge in [-0.3, -0.25) is 9.10 Å². The number of hydrogen-bond acceptors (Lipinski definition) is 3. The van der Waals surface area contributed by atoms with Crippen LogP contribution in [0.3, 0.4) is 0 Å². The minimum Gasteiger partial charge on any atom is -0.348 e. The minimum absolute atomic E-state index is 0.236. The number of carbonyl (C=O) groups is 1. The molecule has 0 spiro atoms. The van der Waals surface area contributed by atoms with Gasteiger partial charge in [-0.05, 0) is 50.6 Å². The van der Waals surface area contributed by atoms with E-state index in [0.29, 0.717) is 0 Å². The molecule has 0 heterocycles. The standard InChI is InChI=1S/C19H23FN2O3S/c1-13-5-7-16(8-6-13)14(2)21-19(23)15(3)22(26(4,24)25)18-11-9-17(20)10-12-18/h5-12,14-15H,1-4H3,(H,21,23)/t14-,15-/m1/s1. The molecule has 0 unspecified atom stereocenters. The molecule has 26 heavy (non-hydrogen) atoms. The fraction of sp³-hybridized carbons (Fsp3) is 0.316. The third-order valence-electron chi connectivity index (χ3n) is 4.11. The highest BCUT2D eigenvalue weighted by Gasteiger charge is 2.29. The van der Waals surface area contributed by atoms with Crippen molar-refractivity contribution in [3.05, 3.63) is 65.5 Å². The number of benzene rings is 2. The number of sulfonamides is 1. The highest BCUT2D eigenvalue weighted by atomic mass is 32.2. The lowest BCUT2D eigenvalue weighted by Gasteiger charge is -2.29. The Morgan fingerprint density at radius 2 is 1.58 bits per heavy atom. The maximum Gasteiger partial charge on any atom is 0.244 e. The van der Waals surface area contributed by atoms with Crippen LogP contribution in [0, 0.1) is 12.7 Å². The lowest BCUT2D eigenvalue weighted by Crippen LogP contribution is -2.48. The summed E-state index contributed by atoms with van der Waals surface area (Å²) in [6.07, 6.45) is 1.02. The van der Waals surface area contributed by atoms with Crippen LogP contribution in [0.4, 0.5) is 10.1 Å². The van der Waals surface area contributed by atoms with E-state index in [1.165, 1.54) is 19.1 Å². The van der Waals surface area contributed by atoms with Crippen LogP contribution in [0.2, 0.25) is 0 Å². The number of nitrogens with one attached hydrogen (secondary N) is 1. The van der Waals surface area contributed by atoms with E-state index in [2.05, 4.69) is 5.32 Å². The van der Waals surface area contributed by atoms with Gasteiger partial charge in [-0.2, -0.15) is 0 Å². The van der Waals surface area contributed by atoms with Gasteiger partial charge in [0.25, 0.3) is 0 Å². The zero-order valence-corrected chi connectivity index (χ0v) is 16.0. The van der Waals surface area contributed by atoms with E-state index in [1.54, 1.807) is 0 Å². The van der Waals surface area contributed by atoms with Crippen molar-refractivity contribution < 1.29 is 17.6 Å². The first-order chi connectivity index (χ1) is 12.1. The van der Waals surface area contributed by atoms with Crippen LogP contribution in [0.1, 0.15) is 31.0 Å². The summed E-state index contributed by atoms with van der Waals surface area (Å²) >= 11 is 0. The highest BCUT2D eigenvalue weighted by Crippen LogP contribution is 2.22. The molecule has 7 heteroatoms. The number of halogens is 1. The second kappa shape index (κ2) is 7.86. The lowest BCUT2D eigenvalue weighted by molar-refractivity contribution is -0.122. The number of anilines is 1. The predicted octanol–water partition coefficient (Wildman–Crippen LogP) is 3.17. The van der Waals surface area contributed by atoms with Crippen molar-refractivity contribution in [1.82, 2.24) is 5.32 Å². The molecule has 0 aliphatic heterocycles. The Balaban J connectivity index is 2.22. The molecule has 0 aliphatic carbocycles. The first-order valence-electron chi connectivity index (χ1n) is 8.21. The van der Waals surface area contributed by atoms with Crippen molar-refractivity contribution in [3.63, 3.8) is 0 Å². The number of carbonyl (C=O) groups excluding carboxylic acids is 1. The number of aryl methyl sites for hydroxylation is 1. The molecule has 2 rings (SSSR count). The Morgan fingerprint density at radius 1 is 1.04 bits per heavy atom. The minimum atomic E-state index is -3.73. The van der Waals surface area contributed by atoms with Gasteiger partial charge in [-0.25, -0.2) is 12.8 Å². The van der Waals surface area contributed by atoms with E-state index in [0.717, 1.165) is 33.8 Å². The predicted molar refractivity (Wildman–Crippen MR) is 101 cm³/mol. The van der Waals surface area contributed by atoms with E-state index >= 15 is 0 Å². The van der Waals surface area contributed by atoms with Crippen molar-refractivity contribution >= 4 is 21.6 Å². The van der Waals surface area contributed by atoms with Crippen LogP contribution in [-0.4, -0.2) is 26.6 Å². The molecular weight excluding hydrogens is 355 g/mol. The average Bonchev–Trinajstić information content (AvgIpc) is 2.56. The van der Waals surface area contributed by atoms with E-state index < -0.39 is 27.8 Å². The summed E-state index contributed by atoms with van der Waals surface area (Å²) < 4.78 is 38.6. The Labute approximate surface area is 153 Å². The SMILES string of the molecule is Cc1ccc([C@@H](C)NC(=O)[C@@H](C)N(c2ccc(F)cc2)S(C)(=O)=O)cc1. The Morgan fingerprint density at radius 3 is 2.08 bits per heavy atom. The zero-order chi connectivity index (χ0) is 19.5. The van der Waals surface area contributed by atoms with Gasteiger partial charge in [0.15, 0.2) is 0 Å². The largest absolute Gasteiger partial charge is 0.348 e. The molecule has 2 aromatic rings. The summed E-state index contributed by atoms with van der Waals surface area (Å²) in [5.74, 6) is -0.917. The molecule has 0 aliphatic rings. The van der Waals surface area contributed by atoms with Crippen LogP contribution < -0.4 is 9.62 Å². The lowest BCUT2D eigenvalue weighted by atomic mass is 10.1. The fourth-order valence-corrected chi connectivity index (χ4v) is 3.84. The summed E-state index contributed by atoms with van der Waals surface area (Å²) in [7, 11) is -3.73. The summed E-state index contributed by atoms with van der Waals surface area (Å²) in [5, 5.41) is 2.83. The quantitative estimate of drug-likeness (QED) is 0.840. The van der Waals surface area contributed by atoms with Crippen LogP contribution >= 0.6 is 0 Å². The molecule has 0 radical (unpaired) electrons. The molecule has 1 amide bonds. The molecule has 0 saturated carbocycles. The van der Waals surface area contributed by atoms with Crippen LogP contribution in [0.15, 0.2) is 48.5 Å². The number of rotatable bonds is 6. The highest BCUT2D eigenvalue weighted by molar-refractivity contribution is 7.92. The van der Waals surface area contributed by atoms with E-state index in [-0.39, 0.29) is 11.7 Å². The Hall–Kier alpha value is -2.41. The van der Waals surface area contributed by atoms with Gasteiger partial charge in [-0.1, -0.05) is 29.8 Å². The molecule has 5 nitrogen and oxygen atoms in total. The van der Waals surface area contributed by atoms with Gasteiger partial charge in [0, 0.05) is 0 Å². The molecule has 2 aromatic carbocycles. The third-order valence-corrected chi connectivity index (χ3v) is 5.35. The molecular formula is C19H23FN2O3S. The normalized spacial score (nSPS) is 13.7. The summed E-state index contributed by atoms with van der Waals surface area (Å²) in [5.41, 5.74) is 2.27. The van der Waals surface area contributed by atoms with Crippen LogP contribution in [0.25, 0.3) is 0 Å². The van der Waals surface area contributed by atoms with Crippen molar-refractivity contribution in [2.75, 3.05) is 10.6 Å². The van der Waals surface area contributed by atoms with Crippen LogP contribution in [0.5, 0.6) is 0 Å². The van der Waals surface area contributed by atoms with E-state index in [4.69, 9.17) is 0 Å². The first-order valence-corrected chi connectivity index (χ1v) is 10.1. The van der Waals surface area contributed by atoms with Crippen molar-refractivity contribution in [2.45, 2.75) is 32.9 Å². The van der Waals surface area contributed by atoms with Crippen molar-refractivity contribution in [1.29, 1.82) is 0 Å². The molecule has 0 bridgehead atoms. The smallest absolute Gasteiger partial charge is 0.244 e. The Bertz CT molecular complexity index is 865. The summed E-state index contributed by atoms with van der Waals surface area (Å²) in [4.78, 5) is 12.6. The maximum atomic E-state index is 13.1. The number of amides is 1. The Kier molecular flexibility index (Phi) is 6.02. The summed E-state index contributed by atoms with van der Waals surface area (Å²) in [6, 6.07) is 11.5. The van der Waals surface area contributed by atoms with E-state index in [1.807, 2.05) is 38.1 Å². The molecule has 0 aromatic heterocycles. The second-order valence-electron chi connectivity index (χ2n) is 6.35. The van der Waals surface area contributed by atoms with Crippen molar-refractivity contribution in [2.24, 2.45) is 0 Å². The van der Waals surface area contributed by atoms with Crippen molar-refractivity contribution in [3.8, 4) is 0 Å². The average molecular weight is 378 g/mol. The number of nitrogens with zero attached hydrogens (tertiary/aromatic N) is 1. The van der Waals surface area contributed by atoms with Gasteiger partial charge < -0.3 is 5.32 Å². The number of hydrogen-bond donors (Lipinski definition) is 1. The van der Waals surface area contributed by atoms with Gasteiger partial charge >= 0.3 is 0 Å². The molecule has 1 N–H and O–H groups in total. The fourth-order valence-electron chi connectivity index (χ4n) is 2.67. The van der Waals surface area contributed by atoms with Gasteiger partial charge in [0.1, 0.15) is 11.9 Å². The summed E-state index contributed by atoms with van der Waals surface area (Å²) in [6.45, 7) is 5.31. The van der Waals surface area contributed by atoms with Gasteiger partial charge in [0.05, 0.1) is 18.0 Å². The topological polar surface area (TPSA) is 66.5 Å². The van der Waals surface area contributed by atoms with Gasteiger partial charge in [0.2, 0.25) is 15.9 Å². The molecule has 2 atom stereocenters. The van der Waals surface area contributed by atoms with Crippen LogP contribution in [-0.2, 0) is 14.8 Å². The second-order valence-corrected chi connectivity index (χ2v) is 8.21. The monoisotopic (exact) mass is 378 g/mol. The molecule has 0 saturated heterocycles. The zero-order valence-electron chi connectivity index (χ0n) is 15.2. The maximum absolute atomic E-state index is 13.1. The molecule has 0 fully saturated rings. The third kappa shape index (κ3) is 4.82. The molecule has 140 valence electrons.